The molecule has 0 unspecified atom stereocenters. The van der Waals surface area contributed by atoms with Gasteiger partial charge < -0.3 is 0 Å². The normalized spacial score (nSPS) is 10.9. The summed E-state index contributed by atoms with van der Waals surface area (Å²) >= 11 is 2.72. The number of carbonyl (C=O) groups excluding carboxylic acids is 1. The first-order chi connectivity index (χ1) is 10.2. The number of carbonyl (C=O) groups is 1. The highest BCUT2D eigenvalue weighted by Gasteiger charge is 2.12. The van der Waals surface area contributed by atoms with E-state index in [0.29, 0.717) is 20.9 Å². The summed E-state index contributed by atoms with van der Waals surface area (Å²) in [6.45, 7) is 0. The topological polar surface area (TPSA) is 52.0 Å². The van der Waals surface area contributed by atoms with Gasteiger partial charge in [-0.05, 0) is 11.4 Å². The first kappa shape index (κ1) is 14.0. The van der Waals surface area contributed by atoms with E-state index in [-0.39, 0.29) is 17.1 Å². The Morgan fingerprint density at radius 3 is 2.81 bits per heavy atom. The van der Waals surface area contributed by atoms with Gasteiger partial charge in [-0.1, -0.05) is 42.1 Å². The van der Waals surface area contributed by atoms with E-state index in [4.69, 9.17) is 0 Å². The molecule has 3 rings (SSSR count). The number of benzene rings is 1. The van der Waals surface area contributed by atoms with Crippen LogP contribution >= 0.6 is 23.1 Å². The minimum absolute atomic E-state index is 0.0288. The Bertz CT molecular complexity index is 853. The second kappa shape index (κ2) is 5.83. The lowest BCUT2D eigenvalue weighted by atomic mass is 10.2. The Balaban J connectivity index is 1.84. The van der Waals surface area contributed by atoms with Crippen molar-refractivity contribution in [1.82, 2.24) is 9.55 Å². The van der Waals surface area contributed by atoms with E-state index in [1.54, 1.807) is 25.2 Å². The summed E-state index contributed by atoms with van der Waals surface area (Å²) < 4.78 is 1.50. The molecule has 0 N–H and O–H groups in total. The quantitative estimate of drug-likeness (QED) is 0.422. The number of nitrogens with zero attached hydrogens (tertiary/aromatic N) is 2. The Hall–Kier alpha value is -1.92. The monoisotopic (exact) mass is 316 g/mol. The maximum absolute atomic E-state index is 12.2. The molecule has 6 heteroatoms. The van der Waals surface area contributed by atoms with Crippen molar-refractivity contribution in [2.75, 3.05) is 5.75 Å². The zero-order valence-corrected chi connectivity index (χ0v) is 12.9. The number of thioether (sulfide) groups is 1. The maximum atomic E-state index is 12.2. The van der Waals surface area contributed by atoms with Crippen LogP contribution < -0.4 is 5.56 Å². The lowest BCUT2D eigenvalue weighted by molar-refractivity contribution is 0.102. The third-order valence-corrected chi connectivity index (χ3v) is 4.93. The van der Waals surface area contributed by atoms with Crippen LogP contribution in [0, 0.1) is 0 Å². The van der Waals surface area contributed by atoms with Crippen LogP contribution in [-0.4, -0.2) is 21.1 Å². The van der Waals surface area contributed by atoms with Crippen LogP contribution in [-0.2, 0) is 7.05 Å². The molecule has 3 aromatic rings. The molecule has 0 amide bonds. The number of aromatic nitrogens is 2. The van der Waals surface area contributed by atoms with Crippen molar-refractivity contribution >= 4 is 39.1 Å². The Morgan fingerprint density at radius 1 is 1.29 bits per heavy atom. The van der Waals surface area contributed by atoms with Crippen LogP contribution in [0.5, 0.6) is 0 Å². The number of ketones is 1. The summed E-state index contributed by atoms with van der Waals surface area (Å²) in [6, 6.07) is 10.9. The second-order valence-corrected chi connectivity index (χ2v) is 6.31. The van der Waals surface area contributed by atoms with Crippen molar-refractivity contribution < 1.29 is 4.79 Å². The average molecular weight is 316 g/mol. The van der Waals surface area contributed by atoms with Crippen molar-refractivity contribution in [3.8, 4) is 0 Å². The fraction of sp³-hybridized carbons (Fsp3) is 0.133. The Morgan fingerprint density at radius 2 is 2.05 bits per heavy atom. The molecule has 0 fully saturated rings. The zero-order valence-electron chi connectivity index (χ0n) is 11.3. The highest BCUT2D eigenvalue weighted by atomic mass is 32.2. The number of Topliss-reactive ketones (excluding diaryl/α,β-unsaturated/α-hetero) is 1. The maximum Gasteiger partial charge on any atom is 0.262 e. The van der Waals surface area contributed by atoms with E-state index < -0.39 is 0 Å². The molecule has 0 aliphatic carbocycles. The third-order valence-electron chi connectivity index (χ3n) is 3.09. The fourth-order valence-electron chi connectivity index (χ4n) is 1.95. The van der Waals surface area contributed by atoms with Gasteiger partial charge in [0.1, 0.15) is 4.83 Å². The van der Waals surface area contributed by atoms with Crippen molar-refractivity contribution in [3.63, 3.8) is 0 Å². The number of fused-ring (bicyclic) bond motifs is 1. The zero-order chi connectivity index (χ0) is 14.8. The van der Waals surface area contributed by atoms with Gasteiger partial charge in [0, 0.05) is 12.6 Å². The van der Waals surface area contributed by atoms with Gasteiger partial charge in [0.15, 0.2) is 10.9 Å². The van der Waals surface area contributed by atoms with E-state index in [1.807, 2.05) is 23.6 Å². The van der Waals surface area contributed by atoms with Crippen LogP contribution in [0.3, 0.4) is 0 Å². The standard InChI is InChI=1S/C15H12N2O2S2/c1-17-14(19)11-7-8-20-13(11)16-15(17)21-9-12(18)10-5-3-2-4-6-10/h2-8H,9H2,1H3. The molecule has 106 valence electrons. The number of thiophene rings is 1. The molecule has 0 bridgehead atoms. The molecular formula is C15H12N2O2S2. The Kier molecular flexibility index (Phi) is 3.90. The van der Waals surface area contributed by atoms with Gasteiger partial charge in [-0.15, -0.1) is 11.3 Å². The molecule has 4 nitrogen and oxygen atoms in total. The molecule has 0 atom stereocenters. The van der Waals surface area contributed by atoms with E-state index >= 15 is 0 Å². The molecule has 2 aromatic heterocycles. The van der Waals surface area contributed by atoms with Crippen LogP contribution in [0.2, 0.25) is 0 Å². The molecule has 0 radical (unpaired) electrons. The van der Waals surface area contributed by atoms with E-state index in [2.05, 4.69) is 4.98 Å². The first-order valence-electron chi connectivity index (χ1n) is 6.32. The van der Waals surface area contributed by atoms with Crippen LogP contribution in [0.1, 0.15) is 10.4 Å². The molecule has 0 spiro atoms. The van der Waals surface area contributed by atoms with E-state index in [0.717, 1.165) is 0 Å². The lowest BCUT2D eigenvalue weighted by Gasteiger charge is -2.06. The molecule has 2 heterocycles. The summed E-state index contributed by atoms with van der Waals surface area (Å²) in [5.74, 6) is 0.294. The summed E-state index contributed by atoms with van der Waals surface area (Å²) in [7, 11) is 1.68. The predicted molar refractivity (Wildman–Crippen MR) is 86.4 cm³/mol. The average Bonchev–Trinajstić information content (AvgIpc) is 2.98. The van der Waals surface area contributed by atoms with Crippen LogP contribution in [0.15, 0.2) is 51.7 Å². The van der Waals surface area contributed by atoms with E-state index in [1.165, 1.54) is 27.7 Å². The molecule has 1 aromatic carbocycles. The molecule has 0 saturated carbocycles. The van der Waals surface area contributed by atoms with Gasteiger partial charge in [-0.2, -0.15) is 0 Å². The number of hydrogen-bond donors (Lipinski definition) is 0. The highest BCUT2D eigenvalue weighted by Crippen LogP contribution is 2.21. The van der Waals surface area contributed by atoms with Crippen LogP contribution in [0.25, 0.3) is 10.2 Å². The van der Waals surface area contributed by atoms with E-state index in [9.17, 15) is 9.59 Å². The van der Waals surface area contributed by atoms with Gasteiger partial charge in [0.25, 0.3) is 5.56 Å². The molecule has 0 aliphatic rings. The summed E-state index contributed by atoms with van der Waals surface area (Å²) in [5.41, 5.74) is 0.600. The fourth-order valence-corrected chi connectivity index (χ4v) is 3.62. The van der Waals surface area contributed by atoms with Gasteiger partial charge in [0.2, 0.25) is 0 Å². The predicted octanol–water partition coefficient (Wildman–Crippen LogP) is 2.97. The largest absolute Gasteiger partial charge is 0.293 e. The molecule has 0 saturated heterocycles. The minimum Gasteiger partial charge on any atom is -0.293 e. The second-order valence-electron chi connectivity index (χ2n) is 4.48. The number of hydrogen-bond acceptors (Lipinski definition) is 5. The summed E-state index contributed by atoms with van der Waals surface area (Å²) in [6.07, 6.45) is 0. The van der Waals surface area contributed by atoms with Crippen molar-refractivity contribution in [2.45, 2.75) is 5.16 Å². The summed E-state index contributed by atoms with van der Waals surface area (Å²) in [4.78, 5) is 29.4. The molecule has 0 aliphatic heterocycles. The highest BCUT2D eigenvalue weighted by molar-refractivity contribution is 7.99. The van der Waals surface area contributed by atoms with Crippen molar-refractivity contribution in [3.05, 3.63) is 57.7 Å². The third kappa shape index (κ3) is 2.77. The van der Waals surface area contributed by atoms with Gasteiger partial charge >= 0.3 is 0 Å². The molecular weight excluding hydrogens is 304 g/mol. The smallest absolute Gasteiger partial charge is 0.262 e. The lowest BCUT2D eigenvalue weighted by Crippen LogP contribution is -2.19. The van der Waals surface area contributed by atoms with Crippen molar-refractivity contribution in [2.24, 2.45) is 7.05 Å². The van der Waals surface area contributed by atoms with Gasteiger partial charge in [-0.25, -0.2) is 4.98 Å². The van der Waals surface area contributed by atoms with Gasteiger partial charge in [0.05, 0.1) is 11.1 Å². The van der Waals surface area contributed by atoms with Gasteiger partial charge in [-0.3, -0.25) is 14.2 Å². The summed E-state index contributed by atoms with van der Waals surface area (Å²) in [5, 5.41) is 3.04. The number of rotatable bonds is 4. The van der Waals surface area contributed by atoms with Crippen molar-refractivity contribution in [1.29, 1.82) is 0 Å². The minimum atomic E-state index is -0.0732. The molecule has 21 heavy (non-hydrogen) atoms. The SMILES string of the molecule is Cn1c(SCC(=O)c2ccccc2)nc2sccc2c1=O. The first-order valence-corrected chi connectivity index (χ1v) is 8.18. The van der Waals surface area contributed by atoms with Crippen LogP contribution in [0.4, 0.5) is 0 Å². The Labute approximate surface area is 129 Å².